The molecule has 0 saturated carbocycles. The Morgan fingerprint density at radius 3 is 2.60 bits per heavy atom. The molecule has 0 fully saturated rings. The van der Waals surface area contributed by atoms with Crippen LogP contribution in [0, 0.1) is 12.8 Å². The van der Waals surface area contributed by atoms with Crippen LogP contribution in [0.5, 0.6) is 0 Å². The van der Waals surface area contributed by atoms with Crippen LogP contribution in [-0.2, 0) is 32.2 Å². The van der Waals surface area contributed by atoms with Crippen LogP contribution >= 0.6 is 11.3 Å². The highest BCUT2D eigenvalue weighted by Gasteiger charge is 2.28. The van der Waals surface area contributed by atoms with E-state index in [9.17, 15) is 18.0 Å². The maximum absolute atomic E-state index is 12.5. The molecule has 0 radical (unpaired) electrons. The van der Waals surface area contributed by atoms with Crippen molar-refractivity contribution in [3.05, 3.63) is 45.8 Å². The van der Waals surface area contributed by atoms with Crippen molar-refractivity contribution in [1.82, 2.24) is 0 Å². The maximum Gasteiger partial charge on any atom is 0.341 e. The highest BCUT2D eigenvalue weighted by molar-refractivity contribution is 7.91. The number of carbonyl (C=O) groups is 2. The molecule has 162 valence electrons. The first-order chi connectivity index (χ1) is 14.2. The molecule has 0 aliphatic heterocycles. The number of rotatable bonds is 7. The molecule has 1 amide bonds. The lowest BCUT2D eigenvalue weighted by Crippen LogP contribution is -2.17. The molecule has 1 aliphatic carbocycles. The lowest BCUT2D eigenvalue weighted by atomic mass is 9.88. The summed E-state index contributed by atoms with van der Waals surface area (Å²) in [5.74, 6) is -0.311. The van der Waals surface area contributed by atoms with Gasteiger partial charge in [0.25, 0.3) is 0 Å². The lowest BCUT2D eigenvalue weighted by molar-refractivity contribution is -0.116. The molecule has 6 nitrogen and oxygen atoms in total. The largest absolute Gasteiger partial charge is 0.465 e. The van der Waals surface area contributed by atoms with Crippen LogP contribution in [0.15, 0.2) is 29.2 Å². The summed E-state index contributed by atoms with van der Waals surface area (Å²) in [5.41, 5.74) is 2.41. The van der Waals surface area contributed by atoms with E-state index >= 15 is 0 Å². The van der Waals surface area contributed by atoms with Crippen molar-refractivity contribution < 1.29 is 22.7 Å². The average molecular weight is 450 g/mol. The molecule has 0 spiro atoms. The Balaban J connectivity index is 1.65. The zero-order valence-corrected chi connectivity index (χ0v) is 19.1. The molecular weight excluding hydrogens is 422 g/mol. The predicted molar refractivity (Wildman–Crippen MR) is 118 cm³/mol. The van der Waals surface area contributed by atoms with Gasteiger partial charge in [0.1, 0.15) is 5.00 Å². The SMILES string of the molecule is COC(=O)c1c(NC(=O)CCCS(=O)(=O)c2ccc(C)cc2)sc2c1CCC(C)C2. The number of aryl methyl sites for hydroxylation is 1. The third-order valence-electron chi connectivity index (χ3n) is 5.35. The fourth-order valence-electron chi connectivity index (χ4n) is 3.63. The van der Waals surface area contributed by atoms with Crippen LogP contribution in [0.4, 0.5) is 5.00 Å². The number of thiophene rings is 1. The second-order valence-corrected chi connectivity index (χ2v) is 11.0. The molecule has 1 atom stereocenters. The van der Waals surface area contributed by atoms with Gasteiger partial charge in [-0.3, -0.25) is 4.79 Å². The van der Waals surface area contributed by atoms with E-state index in [4.69, 9.17) is 4.74 Å². The molecule has 1 unspecified atom stereocenters. The Kier molecular flexibility index (Phi) is 6.98. The molecule has 30 heavy (non-hydrogen) atoms. The summed E-state index contributed by atoms with van der Waals surface area (Å²) in [6, 6.07) is 6.69. The third-order valence-corrected chi connectivity index (χ3v) is 8.34. The van der Waals surface area contributed by atoms with Gasteiger partial charge in [-0.25, -0.2) is 13.2 Å². The van der Waals surface area contributed by atoms with Gasteiger partial charge in [0.2, 0.25) is 5.91 Å². The number of carbonyl (C=O) groups excluding carboxylic acids is 2. The van der Waals surface area contributed by atoms with Crippen molar-refractivity contribution in [1.29, 1.82) is 0 Å². The monoisotopic (exact) mass is 449 g/mol. The van der Waals surface area contributed by atoms with Crippen LogP contribution in [0.25, 0.3) is 0 Å². The van der Waals surface area contributed by atoms with Crippen molar-refractivity contribution >= 4 is 38.1 Å². The summed E-state index contributed by atoms with van der Waals surface area (Å²) >= 11 is 1.42. The van der Waals surface area contributed by atoms with Gasteiger partial charge in [0.15, 0.2) is 9.84 Å². The van der Waals surface area contributed by atoms with E-state index in [-0.39, 0.29) is 29.4 Å². The van der Waals surface area contributed by atoms with Crippen LogP contribution < -0.4 is 5.32 Å². The van der Waals surface area contributed by atoms with E-state index in [1.807, 2.05) is 6.92 Å². The van der Waals surface area contributed by atoms with Crippen molar-refractivity contribution in [2.75, 3.05) is 18.2 Å². The minimum absolute atomic E-state index is 0.0602. The number of ether oxygens (including phenoxy) is 1. The number of amides is 1. The van der Waals surface area contributed by atoms with Crippen molar-refractivity contribution in [3.63, 3.8) is 0 Å². The van der Waals surface area contributed by atoms with E-state index < -0.39 is 15.8 Å². The molecule has 1 heterocycles. The average Bonchev–Trinajstić information content (AvgIpc) is 3.04. The van der Waals surface area contributed by atoms with Gasteiger partial charge < -0.3 is 10.1 Å². The number of nitrogens with one attached hydrogen (secondary N) is 1. The zero-order chi connectivity index (χ0) is 21.9. The van der Waals surface area contributed by atoms with Crippen LogP contribution in [-0.4, -0.2) is 33.2 Å². The summed E-state index contributed by atoms with van der Waals surface area (Å²) in [6.07, 6.45) is 2.94. The number of methoxy groups -OCH3 is 1. The first-order valence-electron chi connectivity index (χ1n) is 10.0. The van der Waals surface area contributed by atoms with Crippen molar-refractivity contribution in [2.45, 2.75) is 50.8 Å². The smallest absolute Gasteiger partial charge is 0.341 e. The minimum Gasteiger partial charge on any atom is -0.465 e. The van der Waals surface area contributed by atoms with E-state index in [1.165, 1.54) is 18.4 Å². The van der Waals surface area contributed by atoms with Gasteiger partial charge in [0.05, 0.1) is 23.3 Å². The Bertz CT molecular complexity index is 1040. The maximum atomic E-state index is 12.5. The summed E-state index contributed by atoms with van der Waals surface area (Å²) in [5, 5.41) is 3.32. The summed E-state index contributed by atoms with van der Waals surface area (Å²) in [4.78, 5) is 26.2. The normalized spacial score (nSPS) is 16.0. The Morgan fingerprint density at radius 1 is 1.23 bits per heavy atom. The quantitative estimate of drug-likeness (QED) is 0.641. The number of hydrogen-bond acceptors (Lipinski definition) is 6. The fraction of sp³-hybridized carbons (Fsp3) is 0.455. The van der Waals surface area contributed by atoms with E-state index in [2.05, 4.69) is 12.2 Å². The van der Waals surface area contributed by atoms with E-state index in [1.54, 1.807) is 24.3 Å². The Hall–Kier alpha value is -2.19. The van der Waals surface area contributed by atoms with Gasteiger partial charge in [-0.05, 0) is 56.2 Å². The van der Waals surface area contributed by atoms with Gasteiger partial charge >= 0.3 is 5.97 Å². The molecular formula is C22H27NO5S2. The summed E-state index contributed by atoms with van der Waals surface area (Å²) in [6.45, 7) is 4.07. The molecule has 1 aromatic heterocycles. The predicted octanol–water partition coefficient (Wildman–Crippen LogP) is 4.16. The number of fused-ring (bicyclic) bond motifs is 1. The van der Waals surface area contributed by atoms with Gasteiger partial charge in [-0.1, -0.05) is 24.6 Å². The second-order valence-electron chi connectivity index (χ2n) is 7.83. The number of benzene rings is 1. The van der Waals surface area contributed by atoms with Gasteiger partial charge in [0, 0.05) is 11.3 Å². The topological polar surface area (TPSA) is 89.5 Å². The molecule has 1 N–H and O–H groups in total. The molecule has 1 aromatic carbocycles. The molecule has 8 heteroatoms. The number of anilines is 1. The van der Waals surface area contributed by atoms with E-state index in [0.717, 1.165) is 35.3 Å². The molecule has 0 bridgehead atoms. The number of hydrogen-bond donors (Lipinski definition) is 1. The standard InChI is InChI=1S/C22H27NO5S2/c1-14-6-9-16(10-7-14)30(26,27)12-4-5-19(24)23-21-20(22(25)28-3)17-11-8-15(2)13-18(17)29-21/h6-7,9-10,15H,4-5,8,11-13H2,1-3H3,(H,23,24). The Morgan fingerprint density at radius 2 is 1.93 bits per heavy atom. The summed E-state index contributed by atoms with van der Waals surface area (Å²) in [7, 11) is -2.10. The minimum atomic E-state index is -3.43. The first kappa shape index (κ1) is 22.5. The van der Waals surface area contributed by atoms with Gasteiger partial charge in [-0.2, -0.15) is 0 Å². The molecule has 1 aliphatic rings. The van der Waals surface area contributed by atoms with Crippen LogP contribution in [0.2, 0.25) is 0 Å². The van der Waals surface area contributed by atoms with Crippen LogP contribution in [0.3, 0.4) is 0 Å². The molecule has 3 rings (SSSR count). The first-order valence-corrected chi connectivity index (χ1v) is 12.5. The van der Waals surface area contributed by atoms with Crippen LogP contribution in [0.1, 0.15) is 52.5 Å². The van der Waals surface area contributed by atoms with Crippen molar-refractivity contribution in [2.24, 2.45) is 5.92 Å². The van der Waals surface area contributed by atoms with E-state index in [0.29, 0.717) is 16.5 Å². The zero-order valence-electron chi connectivity index (χ0n) is 17.5. The third kappa shape index (κ3) is 5.10. The van der Waals surface area contributed by atoms with Crippen molar-refractivity contribution in [3.8, 4) is 0 Å². The van der Waals surface area contributed by atoms with Gasteiger partial charge in [-0.15, -0.1) is 11.3 Å². The molecule has 0 saturated heterocycles. The lowest BCUT2D eigenvalue weighted by Gasteiger charge is -2.18. The fourth-order valence-corrected chi connectivity index (χ4v) is 6.36. The summed E-state index contributed by atoms with van der Waals surface area (Å²) < 4.78 is 29.8. The number of esters is 1. The molecule has 2 aromatic rings. The highest BCUT2D eigenvalue weighted by atomic mass is 32.2. The number of sulfone groups is 1. The highest BCUT2D eigenvalue weighted by Crippen LogP contribution is 2.40. The second kappa shape index (κ2) is 9.31. The Labute approximate surface area is 181 Å².